The molecule has 0 amide bonds. The van der Waals surface area contributed by atoms with Crippen molar-refractivity contribution in [1.82, 2.24) is 20.4 Å². The van der Waals surface area contributed by atoms with E-state index in [4.69, 9.17) is 0 Å². The minimum absolute atomic E-state index is 0.118. The van der Waals surface area contributed by atoms with Crippen LogP contribution in [-0.2, 0) is 15.4 Å². The molecule has 0 bridgehead atoms. The second-order valence-electron chi connectivity index (χ2n) is 5.38. The molecule has 19 heavy (non-hydrogen) atoms. The summed E-state index contributed by atoms with van der Waals surface area (Å²) in [6, 6.07) is 1.69. The van der Waals surface area contributed by atoms with Gasteiger partial charge >= 0.3 is 0 Å². The first-order valence-electron chi connectivity index (χ1n) is 5.79. The number of H-pyrrole nitrogens is 2. The van der Waals surface area contributed by atoms with E-state index in [2.05, 4.69) is 25.1 Å². The smallest absolute Gasteiger partial charge is 0.266 e. The first-order valence-corrected chi connectivity index (χ1v) is 7.27. The number of aromatic amines is 2. The number of hydrogen-bond acceptors (Lipinski definition) is 4. The lowest BCUT2D eigenvalue weighted by atomic mass is 9.92. The minimum atomic E-state index is -3.66. The summed E-state index contributed by atoms with van der Waals surface area (Å²) in [6.45, 7) is 7.68. The highest BCUT2D eigenvalue weighted by Gasteiger charge is 2.22. The van der Waals surface area contributed by atoms with Gasteiger partial charge in [-0.3, -0.25) is 14.9 Å². The van der Waals surface area contributed by atoms with Gasteiger partial charge in [-0.1, -0.05) is 20.8 Å². The second kappa shape index (κ2) is 4.37. The van der Waals surface area contributed by atoms with E-state index in [-0.39, 0.29) is 16.1 Å². The Balaban J connectivity index is 2.27. The molecule has 0 fully saturated rings. The van der Waals surface area contributed by atoms with Crippen LogP contribution in [0.25, 0.3) is 0 Å². The Bertz CT molecular complexity index is 678. The highest BCUT2D eigenvalue weighted by molar-refractivity contribution is 7.92. The topological polar surface area (TPSA) is 104 Å². The van der Waals surface area contributed by atoms with Crippen LogP contribution in [0.4, 0.5) is 5.82 Å². The zero-order valence-electron chi connectivity index (χ0n) is 11.3. The molecule has 2 aromatic heterocycles. The Morgan fingerprint density at radius 2 is 1.95 bits per heavy atom. The normalized spacial score (nSPS) is 12.6. The van der Waals surface area contributed by atoms with Crippen molar-refractivity contribution in [2.24, 2.45) is 0 Å². The van der Waals surface area contributed by atoms with Crippen molar-refractivity contribution in [2.75, 3.05) is 4.72 Å². The van der Waals surface area contributed by atoms with E-state index in [0.717, 1.165) is 5.69 Å². The molecule has 0 saturated carbocycles. The lowest BCUT2D eigenvalue weighted by Crippen LogP contribution is -2.14. The molecule has 0 aliphatic rings. The van der Waals surface area contributed by atoms with E-state index in [1.807, 2.05) is 20.8 Å². The molecule has 2 heterocycles. The Kier molecular flexibility index (Phi) is 3.13. The summed E-state index contributed by atoms with van der Waals surface area (Å²) in [5.74, 6) is 0.269. The summed E-state index contributed by atoms with van der Waals surface area (Å²) in [7, 11) is -3.66. The zero-order chi connectivity index (χ0) is 14.3. The van der Waals surface area contributed by atoms with Crippen LogP contribution in [0.2, 0.25) is 0 Å². The Labute approximate surface area is 111 Å². The van der Waals surface area contributed by atoms with E-state index in [1.54, 1.807) is 13.0 Å². The Morgan fingerprint density at radius 3 is 2.42 bits per heavy atom. The summed E-state index contributed by atoms with van der Waals surface area (Å²) in [5, 5.41) is 13.1. The highest BCUT2D eigenvalue weighted by Crippen LogP contribution is 2.23. The standard InChI is InChI=1S/C11H17N5O2S/c1-7-8(6-12-13-7)19(17,18)16-10-5-9(14-15-10)11(2,3)4/h5-6H,1-4H3,(H,12,13)(H2,14,15,16). The molecule has 0 aromatic carbocycles. The Hall–Kier alpha value is -1.83. The van der Waals surface area contributed by atoms with Crippen molar-refractivity contribution in [3.63, 3.8) is 0 Å². The van der Waals surface area contributed by atoms with E-state index in [9.17, 15) is 8.42 Å². The van der Waals surface area contributed by atoms with Crippen molar-refractivity contribution in [2.45, 2.75) is 38.0 Å². The number of sulfonamides is 1. The van der Waals surface area contributed by atoms with E-state index in [1.165, 1.54) is 6.20 Å². The maximum Gasteiger partial charge on any atom is 0.266 e. The number of aryl methyl sites for hydroxylation is 1. The third kappa shape index (κ3) is 2.78. The fraction of sp³-hybridized carbons (Fsp3) is 0.455. The molecule has 7 nitrogen and oxygen atoms in total. The zero-order valence-corrected chi connectivity index (χ0v) is 12.1. The maximum atomic E-state index is 12.1. The fourth-order valence-corrected chi connectivity index (χ4v) is 2.69. The molecule has 104 valence electrons. The van der Waals surface area contributed by atoms with Gasteiger partial charge in [0.05, 0.1) is 11.9 Å². The van der Waals surface area contributed by atoms with Crippen LogP contribution in [0.3, 0.4) is 0 Å². The van der Waals surface area contributed by atoms with Crippen LogP contribution in [0, 0.1) is 6.92 Å². The van der Waals surface area contributed by atoms with Gasteiger partial charge in [0.1, 0.15) is 4.90 Å². The van der Waals surface area contributed by atoms with Gasteiger partial charge in [-0.25, -0.2) is 8.42 Å². The summed E-state index contributed by atoms with van der Waals surface area (Å²) in [6.07, 6.45) is 1.27. The average molecular weight is 283 g/mol. The maximum absolute atomic E-state index is 12.1. The van der Waals surface area contributed by atoms with Gasteiger partial charge < -0.3 is 0 Å². The molecular weight excluding hydrogens is 266 g/mol. The van der Waals surface area contributed by atoms with Gasteiger partial charge in [0.2, 0.25) is 0 Å². The predicted octanol–water partition coefficient (Wildman–Crippen LogP) is 1.54. The first kappa shape index (κ1) is 13.6. The van der Waals surface area contributed by atoms with Crippen LogP contribution >= 0.6 is 0 Å². The Morgan fingerprint density at radius 1 is 1.26 bits per heavy atom. The van der Waals surface area contributed by atoms with Crippen molar-refractivity contribution >= 4 is 15.8 Å². The molecule has 0 saturated heterocycles. The van der Waals surface area contributed by atoms with Crippen molar-refractivity contribution < 1.29 is 8.42 Å². The molecular formula is C11H17N5O2S. The highest BCUT2D eigenvalue weighted by atomic mass is 32.2. The lowest BCUT2D eigenvalue weighted by molar-refractivity contribution is 0.567. The molecule has 0 unspecified atom stereocenters. The summed E-state index contributed by atoms with van der Waals surface area (Å²) >= 11 is 0. The molecule has 8 heteroatoms. The van der Waals surface area contributed by atoms with Gasteiger partial charge in [-0.15, -0.1) is 0 Å². The lowest BCUT2D eigenvalue weighted by Gasteiger charge is -2.14. The molecule has 3 N–H and O–H groups in total. The number of aromatic nitrogens is 4. The van der Waals surface area contributed by atoms with Crippen molar-refractivity contribution in [1.29, 1.82) is 0 Å². The molecule has 0 spiro atoms. The van der Waals surface area contributed by atoms with Crippen molar-refractivity contribution in [3.8, 4) is 0 Å². The summed E-state index contributed by atoms with van der Waals surface area (Å²) in [5.41, 5.74) is 1.22. The molecule has 0 aliphatic heterocycles. The fourth-order valence-electron chi connectivity index (χ4n) is 1.56. The third-order valence-corrected chi connectivity index (χ3v) is 4.17. The molecule has 2 aromatic rings. The van der Waals surface area contributed by atoms with Gasteiger partial charge in [0.15, 0.2) is 5.82 Å². The van der Waals surface area contributed by atoms with Gasteiger partial charge in [-0.05, 0) is 6.92 Å². The van der Waals surface area contributed by atoms with Crippen LogP contribution in [-0.4, -0.2) is 28.8 Å². The monoisotopic (exact) mass is 283 g/mol. The van der Waals surface area contributed by atoms with Crippen molar-refractivity contribution in [3.05, 3.63) is 23.7 Å². The second-order valence-corrected chi connectivity index (χ2v) is 7.03. The average Bonchev–Trinajstić information content (AvgIpc) is 2.85. The summed E-state index contributed by atoms with van der Waals surface area (Å²) in [4.78, 5) is 0.118. The van der Waals surface area contributed by atoms with Gasteiger partial charge in [0.25, 0.3) is 10.0 Å². The number of hydrogen-bond donors (Lipinski definition) is 3. The quantitative estimate of drug-likeness (QED) is 0.794. The van der Waals surface area contributed by atoms with E-state index in [0.29, 0.717) is 5.69 Å². The number of nitrogens with one attached hydrogen (secondary N) is 3. The van der Waals surface area contributed by atoms with Crippen LogP contribution in [0.1, 0.15) is 32.2 Å². The minimum Gasteiger partial charge on any atom is -0.281 e. The van der Waals surface area contributed by atoms with E-state index >= 15 is 0 Å². The number of rotatable bonds is 3. The van der Waals surface area contributed by atoms with Crippen LogP contribution in [0.5, 0.6) is 0 Å². The molecule has 2 rings (SSSR count). The largest absolute Gasteiger partial charge is 0.281 e. The number of nitrogens with zero attached hydrogens (tertiary/aromatic N) is 2. The van der Waals surface area contributed by atoms with Gasteiger partial charge in [-0.2, -0.15) is 10.2 Å². The number of anilines is 1. The first-order chi connectivity index (χ1) is 8.70. The molecule has 0 aliphatic carbocycles. The van der Waals surface area contributed by atoms with E-state index < -0.39 is 10.0 Å². The van der Waals surface area contributed by atoms with Crippen LogP contribution < -0.4 is 4.72 Å². The van der Waals surface area contributed by atoms with Crippen LogP contribution in [0.15, 0.2) is 17.2 Å². The predicted molar refractivity (Wildman–Crippen MR) is 71.4 cm³/mol. The summed E-state index contributed by atoms with van der Waals surface area (Å²) < 4.78 is 26.7. The molecule has 0 radical (unpaired) electrons. The molecule has 0 atom stereocenters. The third-order valence-electron chi connectivity index (χ3n) is 2.70. The van der Waals surface area contributed by atoms with Gasteiger partial charge in [0, 0.05) is 17.2 Å². The SMILES string of the molecule is Cc1[nH]ncc1S(=O)(=O)Nc1cc(C(C)(C)C)[nH]n1.